The first kappa shape index (κ1) is 10.5. The minimum absolute atomic E-state index is 0.0563. The van der Waals surface area contributed by atoms with Gasteiger partial charge in [0.1, 0.15) is 10.8 Å². The highest BCUT2D eigenvalue weighted by atomic mass is 32.1. The van der Waals surface area contributed by atoms with Crippen LogP contribution in [0.3, 0.4) is 0 Å². The summed E-state index contributed by atoms with van der Waals surface area (Å²) in [6, 6.07) is 0. The summed E-state index contributed by atoms with van der Waals surface area (Å²) in [6.45, 7) is 3.92. The Hall–Kier alpha value is -1.69. The standard InChI is InChI=1S/C11H12N4OS/c1-6-8-3-4-9(16)13-10(8)15(14-6)11-7(2)12-5-17-11/h5H,3-4H2,1-2H3,(H,13,16). The number of amides is 1. The molecule has 2 aromatic heterocycles. The molecule has 0 radical (unpaired) electrons. The van der Waals surface area contributed by atoms with Crippen molar-refractivity contribution in [2.45, 2.75) is 26.7 Å². The average molecular weight is 248 g/mol. The van der Waals surface area contributed by atoms with Crippen LogP contribution in [0.4, 0.5) is 5.82 Å². The van der Waals surface area contributed by atoms with E-state index >= 15 is 0 Å². The molecule has 0 aromatic carbocycles. The van der Waals surface area contributed by atoms with Gasteiger partial charge in [-0.1, -0.05) is 0 Å². The van der Waals surface area contributed by atoms with E-state index < -0.39 is 0 Å². The summed E-state index contributed by atoms with van der Waals surface area (Å²) in [5.41, 5.74) is 4.84. The molecule has 3 rings (SSSR count). The quantitative estimate of drug-likeness (QED) is 0.837. The molecule has 0 saturated heterocycles. The van der Waals surface area contributed by atoms with Crippen LogP contribution in [0.25, 0.3) is 5.00 Å². The summed E-state index contributed by atoms with van der Waals surface area (Å²) in [5.74, 6) is 0.868. The second-order valence-electron chi connectivity index (χ2n) is 4.12. The van der Waals surface area contributed by atoms with E-state index in [2.05, 4.69) is 15.4 Å². The summed E-state index contributed by atoms with van der Waals surface area (Å²) in [7, 11) is 0. The molecule has 1 amide bonds. The van der Waals surface area contributed by atoms with Crippen LogP contribution < -0.4 is 5.32 Å². The monoisotopic (exact) mass is 248 g/mol. The van der Waals surface area contributed by atoms with Gasteiger partial charge in [0.05, 0.1) is 16.9 Å². The SMILES string of the molecule is Cc1ncsc1-n1nc(C)c2c1NC(=O)CC2. The predicted molar refractivity (Wildman–Crippen MR) is 65.7 cm³/mol. The summed E-state index contributed by atoms with van der Waals surface area (Å²) < 4.78 is 1.80. The molecule has 88 valence electrons. The van der Waals surface area contributed by atoms with Crippen molar-refractivity contribution in [1.29, 1.82) is 0 Å². The van der Waals surface area contributed by atoms with Gasteiger partial charge in [0, 0.05) is 12.0 Å². The van der Waals surface area contributed by atoms with E-state index in [9.17, 15) is 4.79 Å². The van der Waals surface area contributed by atoms with Gasteiger partial charge < -0.3 is 5.32 Å². The van der Waals surface area contributed by atoms with E-state index in [0.717, 1.165) is 34.2 Å². The molecule has 1 aliphatic heterocycles. The van der Waals surface area contributed by atoms with E-state index in [-0.39, 0.29) is 5.91 Å². The topological polar surface area (TPSA) is 59.8 Å². The van der Waals surface area contributed by atoms with Crippen molar-refractivity contribution in [3.63, 3.8) is 0 Å². The zero-order valence-corrected chi connectivity index (χ0v) is 10.5. The number of thiazole rings is 1. The highest BCUT2D eigenvalue weighted by molar-refractivity contribution is 7.12. The van der Waals surface area contributed by atoms with E-state index in [0.29, 0.717) is 6.42 Å². The number of hydrogen-bond donors (Lipinski definition) is 1. The minimum Gasteiger partial charge on any atom is -0.310 e. The molecule has 0 fully saturated rings. The fourth-order valence-electron chi connectivity index (χ4n) is 2.07. The number of fused-ring (bicyclic) bond motifs is 1. The van der Waals surface area contributed by atoms with Gasteiger partial charge in [-0.25, -0.2) is 9.67 Å². The minimum atomic E-state index is 0.0563. The lowest BCUT2D eigenvalue weighted by Gasteiger charge is -2.14. The summed E-state index contributed by atoms with van der Waals surface area (Å²) in [4.78, 5) is 15.7. The highest BCUT2D eigenvalue weighted by Crippen LogP contribution is 2.30. The van der Waals surface area contributed by atoms with Gasteiger partial charge in [-0.15, -0.1) is 11.3 Å². The molecule has 0 aliphatic carbocycles. The van der Waals surface area contributed by atoms with Crippen molar-refractivity contribution in [1.82, 2.24) is 14.8 Å². The number of aromatic nitrogens is 3. The first-order valence-corrected chi connectivity index (χ1v) is 6.33. The van der Waals surface area contributed by atoms with Gasteiger partial charge in [-0.2, -0.15) is 5.10 Å². The number of aryl methyl sites for hydroxylation is 2. The lowest BCUT2D eigenvalue weighted by atomic mass is 10.1. The molecule has 0 saturated carbocycles. The molecule has 0 bridgehead atoms. The molecule has 0 spiro atoms. The molecule has 3 heterocycles. The van der Waals surface area contributed by atoms with Crippen molar-refractivity contribution >= 4 is 23.1 Å². The van der Waals surface area contributed by atoms with E-state index in [1.54, 1.807) is 10.2 Å². The third-order valence-corrected chi connectivity index (χ3v) is 3.86. The van der Waals surface area contributed by atoms with Gasteiger partial charge in [-0.05, 0) is 20.3 Å². The molecule has 0 atom stereocenters. The largest absolute Gasteiger partial charge is 0.310 e. The zero-order chi connectivity index (χ0) is 12.0. The third kappa shape index (κ3) is 1.56. The summed E-state index contributed by atoms with van der Waals surface area (Å²) >= 11 is 1.53. The number of carbonyl (C=O) groups is 1. The number of nitrogens with one attached hydrogen (secondary N) is 1. The average Bonchev–Trinajstić information content (AvgIpc) is 2.83. The Bertz CT molecular complexity index is 599. The Labute approximate surface area is 102 Å². The van der Waals surface area contributed by atoms with E-state index in [1.165, 1.54) is 11.3 Å². The number of anilines is 1. The molecule has 2 aromatic rings. The van der Waals surface area contributed by atoms with Crippen molar-refractivity contribution in [3.8, 4) is 5.00 Å². The maximum absolute atomic E-state index is 11.5. The normalized spacial score (nSPS) is 14.6. The van der Waals surface area contributed by atoms with E-state index in [1.807, 2.05) is 13.8 Å². The van der Waals surface area contributed by atoms with Crippen molar-refractivity contribution in [2.75, 3.05) is 5.32 Å². The molecular formula is C11H12N4OS. The maximum Gasteiger partial charge on any atom is 0.225 e. The van der Waals surface area contributed by atoms with Crippen molar-refractivity contribution < 1.29 is 4.79 Å². The molecule has 5 nitrogen and oxygen atoms in total. The van der Waals surface area contributed by atoms with Crippen LogP contribution in [-0.4, -0.2) is 20.7 Å². The molecule has 17 heavy (non-hydrogen) atoms. The van der Waals surface area contributed by atoms with Crippen LogP contribution >= 0.6 is 11.3 Å². The zero-order valence-electron chi connectivity index (χ0n) is 9.65. The lowest BCUT2D eigenvalue weighted by molar-refractivity contribution is -0.116. The smallest absolute Gasteiger partial charge is 0.225 e. The fraction of sp³-hybridized carbons (Fsp3) is 0.364. The van der Waals surface area contributed by atoms with Gasteiger partial charge in [0.15, 0.2) is 0 Å². The molecular weight excluding hydrogens is 236 g/mol. The van der Waals surface area contributed by atoms with Crippen LogP contribution in [-0.2, 0) is 11.2 Å². The van der Waals surface area contributed by atoms with Crippen LogP contribution in [0.1, 0.15) is 23.4 Å². The second kappa shape index (κ2) is 3.66. The Balaban J connectivity index is 2.19. The fourth-order valence-corrected chi connectivity index (χ4v) is 2.83. The molecule has 1 aliphatic rings. The maximum atomic E-state index is 11.5. The van der Waals surface area contributed by atoms with Crippen LogP contribution in [0, 0.1) is 13.8 Å². The van der Waals surface area contributed by atoms with Crippen LogP contribution in [0.2, 0.25) is 0 Å². The highest BCUT2D eigenvalue weighted by Gasteiger charge is 2.24. The van der Waals surface area contributed by atoms with Crippen LogP contribution in [0.5, 0.6) is 0 Å². The van der Waals surface area contributed by atoms with Crippen molar-refractivity contribution in [2.24, 2.45) is 0 Å². The second-order valence-corrected chi connectivity index (χ2v) is 4.95. The Kier molecular flexibility index (Phi) is 2.25. The van der Waals surface area contributed by atoms with Gasteiger partial charge in [-0.3, -0.25) is 4.79 Å². The third-order valence-electron chi connectivity index (χ3n) is 2.96. The molecule has 0 unspecified atom stereocenters. The van der Waals surface area contributed by atoms with Gasteiger partial charge >= 0.3 is 0 Å². The number of nitrogens with zero attached hydrogens (tertiary/aromatic N) is 3. The Morgan fingerprint density at radius 1 is 1.35 bits per heavy atom. The van der Waals surface area contributed by atoms with Crippen LogP contribution in [0.15, 0.2) is 5.51 Å². The first-order valence-electron chi connectivity index (χ1n) is 5.45. The molecule has 1 N–H and O–H groups in total. The number of rotatable bonds is 1. The molecule has 6 heteroatoms. The van der Waals surface area contributed by atoms with E-state index in [4.69, 9.17) is 0 Å². The van der Waals surface area contributed by atoms with Gasteiger partial charge in [0.25, 0.3) is 0 Å². The first-order chi connectivity index (χ1) is 8.16. The Morgan fingerprint density at radius 3 is 2.88 bits per heavy atom. The predicted octanol–water partition coefficient (Wildman–Crippen LogP) is 1.83. The van der Waals surface area contributed by atoms with Gasteiger partial charge in [0.2, 0.25) is 5.91 Å². The summed E-state index contributed by atoms with van der Waals surface area (Å²) in [5, 5.41) is 8.38. The lowest BCUT2D eigenvalue weighted by Crippen LogP contribution is -2.20. The Morgan fingerprint density at radius 2 is 2.18 bits per heavy atom. The number of carbonyl (C=O) groups excluding carboxylic acids is 1. The summed E-state index contributed by atoms with van der Waals surface area (Å²) in [6.07, 6.45) is 1.31. The number of hydrogen-bond acceptors (Lipinski definition) is 4. The van der Waals surface area contributed by atoms with Crippen molar-refractivity contribution in [3.05, 3.63) is 22.5 Å².